The molecule has 2 rings (SSSR count). The summed E-state index contributed by atoms with van der Waals surface area (Å²) in [5.41, 5.74) is 2.82. The molecule has 0 saturated carbocycles. The number of aromatic amines is 1. The maximum atomic E-state index is 10.9. The van der Waals surface area contributed by atoms with E-state index in [0.717, 1.165) is 29.4 Å². The molecule has 4 heteroatoms. The van der Waals surface area contributed by atoms with E-state index in [0.29, 0.717) is 12.2 Å². The molecule has 0 radical (unpaired) electrons. The third kappa shape index (κ3) is 3.78. The molecule has 1 aromatic heterocycles. The monoisotopic (exact) mass is 275 g/mol. The van der Waals surface area contributed by atoms with E-state index in [1.165, 1.54) is 6.04 Å². The van der Waals surface area contributed by atoms with Crippen molar-refractivity contribution in [3.8, 4) is 0 Å². The predicted octanol–water partition coefficient (Wildman–Crippen LogP) is 3.84. The minimum absolute atomic E-state index is 0.615. The summed E-state index contributed by atoms with van der Waals surface area (Å²) in [5, 5.41) is 0.973. The Morgan fingerprint density at radius 3 is 2.79 bits per heavy atom. The average Bonchev–Trinajstić information content (AvgIpc) is 2.75. The van der Waals surface area contributed by atoms with Crippen molar-refractivity contribution in [3.05, 3.63) is 35.5 Å². The lowest BCUT2D eigenvalue weighted by Crippen LogP contribution is -2.21. The highest BCUT2D eigenvalue weighted by atomic mass is 28.3. The van der Waals surface area contributed by atoms with Crippen LogP contribution in [0.1, 0.15) is 15.9 Å². The number of fused-ring (bicyclic) bond motifs is 1. The number of carbonyl (C=O) groups is 1. The molecule has 0 bridgehead atoms. The van der Waals surface area contributed by atoms with E-state index in [4.69, 9.17) is 4.74 Å². The molecule has 2 aromatic rings. The van der Waals surface area contributed by atoms with Gasteiger partial charge in [-0.05, 0) is 23.7 Å². The van der Waals surface area contributed by atoms with Crippen LogP contribution < -0.4 is 0 Å². The Morgan fingerprint density at radius 2 is 2.11 bits per heavy atom. The molecule has 0 aliphatic heterocycles. The smallest absolute Gasteiger partial charge is 0.152 e. The first-order valence-electron chi connectivity index (χ1n) is 6.62. The van der Waals surface area contributed by atoms with Crippen molar-refractivity contribution in [2.45, 2.75) is 32.3 Å². The van der Waals surface area contributed by atoms with Crippen molar-refractivity contribution in [3.63, 3.8) is 0 Å². The number of hydrogen-bond donors (Lipinski definition) is 1. The molecular formula is C15H21NO2Si. The molecule has 1 heterocycles. The van der Waals surface area contributed by atoms with Gasteiger partial charge in [-0.25, -0.2) is 0 Å². The topological polar surface area (TPSA) is 42.1 Å². The van der Waals surface area contributed by atoms with E-state index in [1.54, 1.807) is 6.20 Å². The molecule has 0 aliphatic carbocycles. The first kappa shape index (κ1) is 14.0. The van der Waals surface area contributed by atoms with Gasteiger partial charge in [0, 0.05) is 37.3 Å². The number of carbonyl (C=O) groups excluding carboxylic acids is 1. The van der Waals surface area contributed by atoms with Crippen molar-refractivity contribution < 1.29 is 9.53 Å². The lowest BCUT2D eigenvalue weighted by molar-refractivity contribution is 0.112. The highest BCUT2D eigenvalue weighted by molar-refractivity contribution is 6.76. The number of H-pyrrole nitrogens is 1. The number of ether oxygens (including phenoxy) is 1. The molecular weight excluding hydrogens is 254 g/mol. The third-order valence-corrected chi connectivity index (χ3v) is 4.87. The maximum Gasteiger partial charge on any atom is 0.152 e. The van der Waals surface area contributed by atoms with Crippen LogP contribution in [0.15, 0.2) is 24.4 Å². The van der Waals surface area contributed by atoms with Crippen LogP contribution in [-0.4, -0.2) is 26.0 Å². The number of aldehydes is 1. The number of nitrogens with one attached hydrogen (secondary N) is 1. The van der Waals surface area contributed by atoms with Crippen LogP contribution in [-0.2, 0) is 11.3 Å². The summed E-state index contributed by atoms with van der Waals surface area (Å²) < 4.78 is 5.73. The second-order valence-corrected chi connectivity index (χ2v) is 11.7. The van der Waals surface area contributed by atoms with Crippen molar-refractivity contribution in [2.75, 3.05) is 6.61 Å². The van der Waals surface area contributed by atoms with Gasteiger partial charge < -0.3 is 9.72 Å². The first-order valence-corrected chi connectivity index (χ1v) is 10.3. The van der Waals surface area contributed by atoms with Crippen LogP contribution >= 0.6 is 0 Å². The average molecular weight is 275 g/mol. The molecule has 0 spiro atoms. The zero-order chi connectivity index (χ0) is 13.9. The quantitative estimate of drug-likeness (QED) is 0.494. The normalized spacial score (nSPS) is 11.9. The Bertz CT molecular complexity index is 569. The summed E-state index contributed by atoms with van der Waals surface area (Å²) in [6.07, 6.45) is 2.63. The molecule has 102 valence electrons. The Kier molecular flexibility index (Phi) is 4.22. The van der Waals surface area contributed by atoms with E-state index in [2.05, 4.69) is 24.6 Å². The van der Waals surface area contributed by atoms with Crippen molar-refractivity contribution in [1.82, 2.24) is 4.98 Å². The van der Waals surface area contributed by atoms with E-state index < -0.39 is 8.07 Å². The zero-order valence-electron chi connectivity index (χ0n) is 11.8. The Morgan fingerprint density at radius 1 is 1.32 bits per heavy atom. The molecule has 0 atom stereocenters. The van der Waals surface area contributed by atoms with E-state index >= 15 is 0 Å². The molecule has 0 amide bonds. The second kappa shape index (κ2) is 5.71. The van der Waals surface area contributed by atoms with E-state index in [-0.39, 0.29) is 0 Å². The van der Waals surface area contributed by atoms with Crippen LogP contribution in [0.4, 0.5) is 0 Å². The maximum absolute atomic E-state index is 10.9. The first-order chi connectivity index (χ1) is 8.99. The Hall–Kier alpha value is -1.39. The molecule has 0 unspecified atom stereocenters. The van der Waals surface area contributed by atoms with Gasteiger partial charge in [0.05, 0.1) is 6.61 Å². The van der Waals surface area contributed by atoms with Gasteiger partial charge in [0.2, 0.25) is 0 Å². The van der Waals surface area contributed by atoms with Gasteiger partial charge in [0.1, 0.15) is 0 Å². The van der Waals surface area contributed by atoms with Gasteiger partial charge in [-0.15, -0.1) is 0 Å². The largest absolute Gasteiger partial charge is 0.377 e. The van der Waals surface area contributed by atoms with E-state index in [9.17, 15) is 4.79 Å². The third-order valence-electron chi connectivity index (χ3n) is 3.17. The van der Waals surface area contributed by atoms with Gasteiger partial charge in [-0.2, -0.15) is 0 Å². The zero-order valence-corrected chi connectivity index (χ0v) is 12.8. The summed E-state index contributed by atoms with van der Waals surface area (Å²) >= 11 is 0. The molecule has 0 saturated heterocycles. The lowest BCUT2D eigenvalue weighted by Gasteiger charge is -2.15. The lowest BCUT2D eigenvalue weighted by atomic mass is 10.1. The van der Waals surface area contributed by atoms with Crippen LogP contribution in [0.3, 0.4) is 0 Å². The number of hydrogen-bond acceptors (Lipinski definition) is 2. The summed E-state index contributed by atoms with van der Waals surface area (Å²) in [6, 6.07) is 7.25. The van der Waals surface area contributed by atoms with Crippen molar-refractivity contribution >= 4 is 25.3 Å². The molecule has 0 aliphatic rings. The van der Waals surface area contributed by atoms with Gasteiger partial charge >= 0.3 is 0 Å². The van der Waals surface area contributed by atoms with Crippen LogP contribution in [0.2, 0.25) is 25.7 Å². The highest BCUT2D eigenvalue weighted by Gasteiger charge is 2.12. The number of aromatic nitrogens is 1. The minimum atomic E-state index is -1.02. The van der Waals surface area contributed by atoms with Crippen LogP contribution in [0.25, 0.3) is 10.9 Å². The fourth-order valence-electron chi connectivity index (χ4n) is 1.95. The highest BCUT2D eigenvalue weighted by Crippen LogP contribution is 2.19. The predicted molar refractivity (Wildman–Crippen MR) is 81.5 cm³/mol. The summed E-state index contributed by atoms with van der Waals surface area (Å²) in [5.74, 6) is 0. The van der Waals surface area contributed by atoms with Crippen molar-refractivity contribution in [2.24, 2.45) is 0 Å². The minimum Gasteiger partial charge on any atom is -0.377 e. The van der Waals surface area contributed by atoms with E-state index in [1.807, 2.05) is 18.2 Å². The standard InChI is InChI=1S/C15H21NO2Si/c1-19(2,3)7-6-18-11-12-4-5-15-14(8-12)13(10-17)9-16-15/h4-5,8-10,16H,6-7,11H2,1-3H3. The fourth-order valence-corrected chi connectivity index (χ4v) is 2.70. The molecule has 19 heavy (non-hydrogen) atoms. The van der Waals surface area contributed by atoms with Crippen molar-refractivity contribution in [1.29, 1.82) is 0 Å². The summed E-state index contributed by atoms with van der Waals surface area (Å²) in [6.45, 7) is 8.47. The molecule has 3 nitrogen and oxygen atoms in total. The molecule has 1 aromatic carbocycles. The Balaban J connectivity index is 1.99. The molecule has 0 fully saturated rings. The number of benzene rings is 1. The second-order valence-electron chi connectivity index (χ2n) is 6.11. The van der Waals surface area contributed by atoms with Gasteiger partial charge in [-0.3, -0.25) is 4.79 Å². The molecule has 1 N–H and O–H groups in total. The summed E-state index contributed by atoms with van der Waals surface area (Å²) in [4.78, 5) is 14.0. The SMILES string of the molecule is C[Si](C)(C)CCOCc1ccc2[nH]cc(C=O)c2c1. The van der Waals surface area contributed by atoms with Gasteiger partial charge in [-0.1, -0.05) is 25.7 Å². The summed E-state index contributed by atoms with van der Waals surface area (Å²) in [7, 11) is -1.02. The van der Waals surface area contributed by atoms with Gasteiger partial charge in [0.15, 0.2) is 6.29 Å². The van der Waals surface area contributed by atoms with Gasteiger partial charge in [0.25, 0.3) is 0 Å². The fraction of sp³-hybridized carbons (Fsp3) is 0.400. The Labute approximate surface area is 115 Å². The van der Waals surface area contributed by atoms with Crippen LogP contribution in [0, 0.1) is 0 Å². The van der Waals surface area contributed by atoms with Crippen LogP contribution in [0.5, 0.6) is 0 Å². The number of rotatable bonds is 6.